The molecule has 1 aromatic carbocycles. The molecule has 6 nitrogen and oxygen atoms in total. The van der Waals surface area contributed by atoms with Gasteiger partial charge in [-0.1, -0.05) is 26.0 Å². The molecule has 1 aromatic rings. The molecule has 0 aromatic heterocycles. The number of amides is 1. The summed E-state index contributed by atoms with van der Waals surface area (Å²) in [6.07, 6.45) is 1.62. The molecule has 2 fully saturated rings. The molecule has 2 aliphatic heterocycles. The summed E-state index contributed by atoms with van der Waals surface area (Å²) in [7, 11) is -0.330. The largest absolute Gasteiger partial charge is 0.494 e. The highest BCUT2D eigenvalue weighted by Gasteiger charge is 2.33. The zero-order valence-corrected chi connectivity index (χ0v) is 18.4. The molecule has 0 bridgehead atoms. The maximum absolute atomic E-state index is 12.2. The molecule has 0 atom stereocenters. The van der Waals surface area contributed by atoms with Crippen molar-refractivity contribution in [1.29, 1.82) is 0 Å². The van der Waals surface area contributed by atoms with Gasteiger partial charge < -0.3 is 23.7 Å². The van der Waals surface area contributed by atoms with Crippen LogP contribution in [-0.4, -0.2) is 56.6 Å². The Morgan fingerprint density at radius 1 is 1.21 bits per heavy atom. The lowest BCUT2D eigenvalue weighted by Crippen LogP contribution is -2.47. The summed E-state index contributed by atoms with van der Waals surface area (Å²) in [5.74, 6) is 1.26. The SMILES string of the molecule is CC1(C)COB(c2cccc(OCC3CCN(C(=O)OC(C)(C)C)CC3)c2)OC1. The summed E-state index contributed by atoms with van der Waals surface area (Å²) in [5.41, 5.74) is 0.584. The molecular weight excluding hydrogens is 369 g/mol. The number of carbonyl (C=O) groups is 1. The average molecular weight is 403 g/mol. The van der Waals surface area contributed by atoms with Crippen molar-refractivity contribution in [3.05, 3.63) is 24.3 Å². The van der Waals surface area contributed by atoms with Crippen LogP contribution in [0, 0.1) is 11.3 Å². The van der Waals surface area contributed by atoms with Gasteiger partial charge in [0, 0.05) is 31.7 Å². The van der Waals surface area contributed by atoms with Crippen molar-refractivity contribution in [2.24, 2.45) is 11.3 Å². The van der Waals surface area contributed by atoms with Crippen LogP contribution in [0.2, 0.25) is 0 Å². The highest BCUT2D eigenvalue weighted by molar-refractivity contribution is 6.61. The van der Waals surface area contributed by atoms with Gasteiger partial charge >= 0.3 is 13.2 Å². The minimum Gasteiger partial charge on any atom is -0.493 e. The van der Waals surface area contributed by atoms with Crippen LogP contribution in [0.1, 0.15) is 47.5 Å². The predicted molar refractivity (Wildman–Crippen MR) is 114 cm³/mol. The molecule has 0 N–H and O–H groups in total. The molecule has 0 radical (unpaired) electrons. The van der Waals surface area contributed by atoms with Crippen LogP contribution in [0.15, 0.2) is 24.3 Å². The van der Waals surface area contributed by atoms with Crippen molar-refractivity contribution in [1.82, 2.24) is 4.90 Å². The van der Waals surface area contributed by atoms with Gasteiger partial charge in [0.15, 0.2) is 0 Å². The molecule has 160 valence electrons. The number of likely N-dealkylation sites (tertiary alicyclic amines) is 1. The minimum absolute atomic E-state index is 0.0543. The maximum atomic E-state index is 12.2. The van der Waals surface area contributed by atoms with Crippen LogP contribution in [0.25, 0.3) is 0 Å². The standard InChI is InChI=1S/C22H34BNO5/c1-21(2,3)29-20(25)24-11-9-17(10-12-24)14-26-19-8-6-7-18(13-19)23-27-15-22(4,5)16-28-23/h6-8,13,17H,9-12,14-16H2,1-5H3. The number of hydrogen-bond acceptors (Lipinski definition) is 5. The lowest BCUT2D eigenvalue weighted by Gasteiger charge is -2.33. The third-order valence-electron chi connectivity index (χ3n) is 5.13. The monoisotopic (exact) mass is 403 g/mol. The average Bonchev–Trinajstić information content (AvgIpc) is 2.66. The zero-order chi connectivity index (χ0) is 21.1. The number of ether oxygens (including phenoxy) is 2. The van der Waals surface area contributed by atoms with Crippen LogP contribution in [0.4, 0.5) is 4.79 Å². The molecule has 2 heterocycles. The second kappa shape index (κ2) is 8.96. The first-order valence-electron chi connectivity index (χ1n) is 10.6. The Kier molecular flexibility index (Phi) is 6.79. The summed E-state index contributed by atoms with van der Waals surface area (Å²) < 4.78 is 23.2. The Morgan fingerprint density at radius 3 is 2.48 bits per heavy atom. The fraction of sp³-hybridized carbons (Fsp3) is 0.682. The second-order valence-electron chi connectivity index (χ2n) is 9.91. The van der Waals surface area contributed by atoms with Gasteiger partial charge in [-0.2, -0.15) is 0 Å². The van der Waals surface area contributed by atoms with Gasteiger partial charge in [0.1, 0.15) is 11.4 Å². The topological polar surface area (TPSA) is 57.2 Å². The van der Waals surface area contributed by atoms with Gasteiger partial charge in [0.2, 0.25) is 0 Å². The molecule has 0 spiro atoms. The molecule has 0 aliphatic carbocycles. The Balaban J connectivity index is 1.45. The highest BCUT2D eigenvalue weighted by atomic mass is 16.6. The van der Waals surface area contributed by atoms with Crippen LogP contribution in [0.3, 0.4) is 0 Å². The zero-order valence-electron chi connectivity index (χ0n) is 18.4. The minimum atomic E-state index is -0.455. The van der Waals surface area contributed by atoms with E-state index in [9.17, 15) is 4.79 Å². The summed E-state index contributed by atoms with van der Waals surface area (Å²) in [4.78, 5) is 14.0. The number of nitrogens with zero attached hydrogens (tertiary/aromatic N) is 1. The van der Waals surface area contributed by atoms with Gasteiger partial charge in [-0.05, 0) is 57.1 Å². The van der Waals surface area contributed by atoms with E-state index >= 15 is 0 Å². The Morgan fingerprint density at radius 2 is 1.86 bits per heavy atom. The number of benzene rings is 1. The lowest BCUT2D eigenvalue weighted by molar-refractivity contribution is 0.0165. The van der Waals surface area contributed by atoms with Crippen molar-refractivity contribution in [2.45, 2.75) is 53.1 Å². The number of piperidine rings is 1. The molecule has 2 saturated heterocycles. The van der Waals surface area contributed by atoms with E-state index in [1.54, 1.807) is 4.90 Å². The number of hydrogen-bond donors (Lipinski definition) is 0. The van der Waals surface area contributed by atoms with Crippen molar-refractivity contribution >= 4 is 18.7 Å². The fourth-order valence-electron chi connectivity index (χ4n) is 3.46. The first-order chi connectivity index (χ1) is 13.6. The van der Waals surface area contributed by atoms with Crippen LogP contribution in [-0.2, 0) is 14.0 Å². The second-order valence-corrected chi connectivity index (χ2v) is 9.91. The maximum Gasteiger partial charge on any atom is 0.494 e. The van der Waals surface area contributed by atoms with Crippen molar-refractivity contribution in [3.8, 4) is 5.75 Å². The summed E-state index contributed by atoms with van der Waals surface area (Å²) in [6.45, 7) is 13.4. The molecule has 29 heavy (non-hydrogen) atoms. The van der Waals surface area contributed by atoms with E-state index in [1.807, 2.05) is 45.0 Å². The molecular formula is C22H34BNO5. The Hall–Kier alpha value is -1.73. The van der Waals surface area contributed by atoms with Crippen molar-refractivity contribution < 1.29 is 23.6 Å². The quantitative estimate of drug-likeness (QED) is 0.721. The van der Waals surface area contributed by atoms with E-state index in [2.05, 4.69) is 13.8 Å². The van der Waals surface area contributed by atoms with Crippen LogP contribution >= 0.6 is 0 Å². The molecule has 3 rings (SSSR count). The molecule has 0 unspecified atom stereocenters. The predicted octanol–water partition coefficient (Wildman–Crippen LogP) is 3.48. The normalized spacial score (nSPS) is 20.4. The van der Waals surface area contributed by atoms with E-state index in [0.29, 0.717) is 38.8 Å². The molecule has 0 saturated carbocycles. The molecule has 1 amide bonds. The van der Waals surface area contributed by atoms with Gasteiger partial charge in [-0.15, -0.1) is 0 Å². The third-order valence-corrected chi connectivity index (χ3v) is 5.13. The molecule has 7 heteroatoms. The van der Waals surface area contributed by atoms with E-state index in [-0.39, 0.29) is 18.6 Å². The van der Waals surface area contributed by atoms with Gasteiger partial charge in [-0.3, -0.25) is 0 Å². The fourth-order valence-corrected chi connectivity index (χ4v) is 3.46. The van der Waals surface area contributed by atoms with Crippen LogP contribution < -0.4 is 10.2 Å². The van der Waals surface area contributed by atoms with E-state index in [0.717, 1.165) is 24.1 Å². The van der Waals surface area contributed by atoms with E-state index < -0.39 is 5.60 Å². The summed E-state index contributed by atoms with van der Waals surface area (Å²) in [6, 6.07) is 7.95. The number of carbonyl (C=O) groups excluding carboxylic acids is 1. The first kappa shape index (κ1) is 22.0. The van der Waals surface area contributed by atoms with Crippen molar-refractivity contribution in [3.63, 3.8) is 0 Å². The first-order valence-corrected chi connectivity index (χ1v) is 10.6. The Bertz CT molecular complexity index is 685. The lowest BCUT2D eigenvalue weighted by atomic mass is 9.76. The van der Waals surface area contributed by atoms with E-state index in [1.165, 1.54) is 0 Å². The van der Waals surface area contributed by atoms with Gasteiger partial charge in [0.05, 0.1) is 6.61 Å². The summed E-state index contributed by atoms with van der Waals surface area (Å²) in [5, 5.41) is 0. The molecule has 2 aliphatic rings. The highest BCUT2D eigenvalue weighted by Crippen LogP contribution is 2.23. The van der Waals surface area contributed by atoms with Gasteiger partial charge in [-0.25, -0.2) is 4.79 Å². The van der Waals surface area contributed by atoms with Gasteiger partial charge in [0.25, 0.3) is 0 Å². The number of rotatable bonds is 4. The third kappa shape index (κ3) is 6.64. The van der Waals surface area contributed by atoms with Crippen molar-refractivity contribution in [2.75, 3.05) is 32.9 Å². The van der Waals surface area contributed by atoms with Crippen LogP contribution in [0.5, 0.6) is 5.75 Å². The Labute approximate surface area is 175 Å². The summed E-state index contributed by atoms with van der Waals surface area (Å²) >= 11 is 0. The van der Waals surface area contributed by atoms with E-state index in [4.69, 9.17) is 18.8 Å². The smallest absolute Gasteiger partial charge is 0.493 e.